The van der Waals surface area contributed by atoms with Gasteiger partial charge in [-0.2, -0.15) is 0 Å². The third kappa shape index (κ3) is 4.48. The van der Waals surface area contributed by atoms with Crippen LogP contribution in [0.1, 0.15) is 24.8 Å². The number of pyridine rings is 1. The SMILES string of the molecule is Cc1ccc(=O)n(CCCCC(=O)Nc2ccccc2N)c1. The van der Waals surface area contributed by atoms with Crippen LogP contribution >= 0.6 is 0 Å². The minimum absolute atomic E-state index is 0.00730. The summed E-state index contributed by atoms with van der Waals surface area (Å²) in [6.45, 7) is 2.58. The molecule has 2 aromatic rings. The number of nitrogens with zero attached hydrogens (tertiary/aromatic N) is 1. The summed E-state index contributed by atoms with van der Waals surface area (Å²) >= 11 is 0. The summed E-state index contributed by atoms with van der Waals surface area (Å²) < 4.78 is 1.68. The minimum Gasteiger partial charge on any atom is -0.397 e. The lowest BCUT2D eigenvalue weighted by Crippen LogP contribution is -2.19. The van der Waals surface area contributed by atoms with Crippen molar-refractivity contribution in [1.29, 1.82) is 0 Å². The molecule has 0 aliphatic carbocycles. The average molecular weight is 299 g/mol. The van der Waals surface area contributed by atoms with Gasteiger partial charge in [-0.05, 0) is 37.5 Å². The Bertz CT molecular complexity index is 707. The number of unbranched alkanes of at least 4 members (excludes halogenated alkanes) is 1. The smallest absolute Gasteiger partial charge is 0.250 e. The topological polar surface area (TPSA) is 77.1 Å². The fourth-order valence-electron chi connectivity index (χ4n) is 2.22. The molecule has 0 radical (unpaired) electrons. The normalized spacial score (nSPS) is 10.4. The molecule has 0 aliphatic rings. The van der Waals surface area contributed by atoms with Gasteiger partial charge in [0, 0.05) is 25.2 Å². The fraction of sp³-hybridized carbons (Fsp3) is 0.294. The zero-order chi connectivity index (χ0) is 15.9. The van der Waals surface area contributed by atoms with Crippen LogP contribution in [0.25, 0.3) is 0 Å². The Labute approximate surface area is 129 Å². The van der Waals surface area contributed by atoms with Crippen molar-refractivity contribution in [1.82, 2.24) is 4.57 Å². The van der Waals surface area contributed by atoms with Gasteiger partial charge < -0.3 is 15.6 Å². The fourth-order valence-corrected chi connectivity index (χ4v) is 2.22. The number of benzene rings is 1. The van der Waals surface area contributed by atoms with Gasteiger partial charge in [-0.15, -0.1) is 0 Å². The number of hydrogen-bond acceptors (Lipinski definition) is 3. The van der Waals surface area contributed by atoms with Crippen molar-refractivity contribution in [3.05, 3.63) is 58.5 Å². The van der Waals surface area contributed by atoms with E-state index in [4.69, 9.17) is 5.73 Å². The summed E-state index contributed by atoms with van der Waals surface area (Å²) in [5.74, 6) is -0.0607. The monoisotopic (exact) mass is 299 g/mol. The first kappa shape index (κ1) is 15.8. The first-order valence-electron chi connectivity index (χ1n) is 7.38. The Morgan fingerprint density at radius 3 is 2.73 bits per heavy atom. The van der Waals surface area contributed by atoms with Gasteiger partial charge in [0.1, 0.15) is 0 Å². The Hall–Kier alpha value is -2.56. The lowest BCUT2D eigenvalue weighted by molar-refractivity contribution is -0.116. The zero-order valence-electron chi connectivity index (χ0n) is 12.7. The van der Waals surface area contributed by atoms with E-state index in [0.717, 1.165) is 18.4 Å². The van der Waals surface area contributed by atoms with Crippen LogP contribution in [0.4, 0.5) is 11.4 Å². The van der Waals surface area contributed by atoms with Crippen LogP contribution < -0.4 is 16.6 Å². The van der Waals surface area contributed by atoms with Crippen LogP contribution in [0.3, 0.4) is 0 Å². The van der Waals surface area contributed by atoms with Crippen LogP contribution in [-0.4, -0.2) is 10.5 Å². The Morgan fingerprint density at radius 2 is 1.95 bits per heavy atom. The standard InChI is InChI=1S/C17H21N3O2/c1-13-9-10-17(22)20(12-13)11-5-4-8-16(21)19-15-7-3-2-6-14(15)18/h2-3,6-7,9-10,12H,4-5,8,11,18H2,1H3,(H,19,21). The predicted octanol–water partition coefficient (Wildman–Crippen LogP) is 2.55. The molecule has 1 amide bonds. The van der Waals surface area contributed by atoms with E-state index in [1.165, 1.54) is 0 Å². The highest BCUT2D eigenvalue weighted by molar-refractivity contribution is 5.93. The van der Waals surface area contributed by atoms with Crippen LogP contribution in [-0.2, 0) is 11.3 Å². The van der Waals surface area contributed by atoms with E-state index in [1.54, 1.807) is 28.8 Å². The summed E-state index contributed by atoms with van der Waals surface area (Å²) in [6, 6.07) is 10.6. The molecule has 0 spiro atoms. The maximum Gasteiger partial charge on any atom is 0.250 e. The Balaban J connectivity index is 1.77. The molecule has 0 atom stereocenters. The van der Waals surface area contributed by atoms with E-state index in [1.807, 2.05) is 25.3 Å². The number of nitrogens with two attached hydrogens (primary N) is 1. The summed E-state index contributed by atoms with van der Waals surface area (Å²) in [5.41, 5.74) is 8.02. The second kappa shape index (κ2) is 7.45. The molecule has 5 nitrogen and oxygen atoms in total. The van der Waals surface area contributed by atoms with Gasteiger partial charge in [-0.3, -0.25) is 9.59 Å². The summed E-state index contributed by atoms with van der Waals surface area (Å²) in [4.78, 5) is 23.5. The minimum atomic E-state index is -0.0607. The maximum absolute atomic E-state index is 11.9. The van der Waals surface area contributed by atoms with Gasteiger partial charge in [-0.1, -0.05) is 18.2 Å². The van der Waals surface area contributed by atoms with E-state index in [-0.39, 0.29) is 11.5 Å². The molecule has 0 aliphatic heterocycles. The second-order valence-electron chi connectivity index (χ2n) is 5.33. The molecule has 2 rings (SSSR count). The van der Waals surface area contributed by atoms with E-state index in [0.29, 0.717) is 24.3 Å². The molecule has 22 heavy (non-hydrogen) atoms. The summed E-state index contributed by atoms with van der Waals surface area (Å²) in [6.07, 6.45) is 3.75. The molecule has 0 fully saturated rings. The molecule has 0 saturated heterocycles. The number of hydrogen-bond donors (Lipinski definition) is 2. The molecule has 1 heterocycles. The van der Waals surface area contributed by atoms with Crippen molar-refractivity contribution >= 4 is 17.3 Å². The highest BCUT2D eigenvalue weighted by atomic mass is 16.1. The van der Waals surface area contributed by atoms with Crippen LogP contribution in [0.2, 0.25) is 0 Å². The highest BCUT2D eigenvalue weighted by Crippen LogP contribution is 2.17. The molecular weight excluding hydrogens is 278 g/mol. The van der Waals surface area contributed by atoms with Crippen molar-refractivity contribution in [3.8, 4) is 0 Å². The number of nitrogen functional groups attached to an aromatic ring is 1. The molecule has 1 aromatic carbocycles. The molecule has 116 valence electrons. The summed E-state index contributed by atoms with van der Waals surface area (Å²) in [5, 5.41) is 2.80. The van der Waals surface area contributed by atoms with Crippen molar-refractivity contribution < 1.29 is 4.79 Å². The lowest BCUT2D eigenvalue weighted by Gasteiger charge is -2.08. The number of carbonyl (C=O) groups is 1. The van der Waals surface area contributed by atoms with Gasteiger partial charge in [0.05, 0.1) is 11.4 Å². The third-order valence-electron chi connectivity index (χ3n) is 3.42. The quantitative estimate of drug-likeness (QED) is 0.635. The van der Waals surface area contributed by atoms with Crippen LogP contribution in [0.5, 0.6) is 0 Å². The molecule has 1 aromatic heterocycles. The number of nitrogens with one attached hydrogen (secondary N) is 1. The number of amides is 1. The lowest BCUT2D eigenvalue weighted by atomic mass is 10.2. The first-order chi connectivity index (χ1) is 10.6. The van der Waals surface area contributed by atoms with Crippen molar-refractivity contribution in [2.45, 2.75) is 32.7 Å². The number of aryl methyl sites for hydroxylation is 2. The zero-order valence-corrected chi connectivity index (χ0v) is 12.7. The Morgan fingerprint density at radius 1 is 1.18 bits per heavy atom. The molecule has 0 saturated carbocycles. The van der Waals surface area contributed by atoms with Gasteiger partial charge in [0.2, 0.25) is 5.91 Å². The van der Waals surface area contributed by atoms with E-state index in [2.05, 4.69) is 5.32 Å². The van der Waals surface area contributed by atoms with Gasteiger partial charge in [-0.25, -0.2) is 0 Å². The average Bonchev–Trinajstić information content (AvgIpc) is 2.49. The van der Waals surface area contributed by atoms with Gasteiger partial charge in [0.15, 0.2) is 0 Å². The van der Waals surface area contributed by atoms with Gasteiger partial charge in [0.25, 0.3) is 5.56 Å². The number of rotatable bonds is 6. The number of carbonyl (C=O) groups excluding carboxylic acids is 1. The van der Waals surface area contributed by atoms with Crippen LogP contribution in [0, 0.1) is 6.92 Å². The highest BCUT2D eigenvalue weighted by Gasteiger charge is 2.04. The van der Waals surface area contributed by atoms with Crippen molar-refractivity contribution in [2.24, 2.45) is 0 Å². The van der Waals surface area contributed by atoms with Crippen molar-refractivity contribution in [2.75, 3.05) is 11.1 Å². The van der Waals surface area contributed by atoms with E-state index >= 15 is 0 Å². The van der Waals surface area contributed by atoms with E-state index < -0.39 is 0 Å². The van der Waals surface area contributed by atoms with Crippen molar-refractivity contribution in [3.63, 3.8) is 0 Å². The van der Waals surface area contributed by atoms with E-state index in [9.17, 15) is 9.59 Å². The number of para-hydroxylation sites is 2. The second-order valence-corrected chi connectivity index (χ2v) is 5.33. The Kier molecular flexibility index (Phi) is 5.36. The molecular formula is C17H21N3O2. The molecule has 3 N–H and O–H groups in total. The number of anilines is 2. The van der Waals surface area contributed by atoms with Crippen LogP contribution in [0.15, 0.2) is 47.4 Å². The first-order valence-corrected chi connectivity index (χ1v) is 7.38. The molecule has 5 heteroatoms. The summed E-state index contributed by atoms with van der Waals surface area (Å²) in [7, 11) is 0. The molecule has 0 unspecified atom stereocenters. The maximum atomic E-state index is 11.9. The predicted molar refractivity (Wildman–Crippen MR) is 88.8 cm³/mol. The van der Waals surface area contributed by atoms with Gasteiger partial charge >= 0.3 is 0 Å². The molecule has 0 bridgehead atoms. The third-order valence-corrected chi connectivity index (χ3v) is 3.42. The number of aromatic nitrogens is 1. The largest absolute Gasteiger partial charge is 0.397 e.